The molecule has 14 heavy (non-hydrogen) atoms. The average molecular weight is 193 g/mol. The van der Waals surface area contributed by atoms with Crippen LogP contribution in [0.25, 0.3) is 0 Å². The van der Waals surface area contributed by atoms with Gasteiger partial charge in [-0.05, 0) is 12.5 Å². The van der Waals surface area contributed by atoms with Gasteiger partial charge in [0.05, 0.1) is 0 Å². The Kier molecular flexibility index (Phi) is 2.25. The molecule has 0 spiro atoms. The van der Waals surface area contributed by atoms with E-state index in [-0.39, 0.29) is 6.04 Å². The van der Waals surface area contributed by atoms with Gasteiger partial charge < -0.3 is 16.0 Å². The zero-order chi connectivity index (χ0) is 10.1. The molecule has 1 saturated carbocycles. The molecule has 0 radical (unpaired) electrons. The van der Waals surface area contributed by atoms with E-state index in [0.717, 1.165) is 12.2 Å². The molecular formula is C9H15N5. The largest absolute Gasteiger partial charge is 0.366 e. The highest BCUT2D eigenvalue weighted by Gasteiger charge is 2.33. The van der Waals surface area contributed by atoms with Gasteiger partial charge in [0.25, 0.3) is 0 Å². The Morgan fingerprint density at radius 3 is 2.86 bits per heavy atom. The monoisotopic (exact) mass is 193 g/mol. The Labute approximate surface area is 83.3 Å². The third kappa shape index (κ3) is 1.93. The Morgan fingerprint density at radius 2 is 2.29 bits per heavy atom. The van der Waals surface area contributed by atoms with Gasteiger partial charge in [-0.1, -0.05) is 0 Å². The SMILES string of the molecule is CN(C)c1nccc(NC2CC2N)n1. The molecule has 1 heterocycles. The Morgan fingerprint density at radius 1 is 1.57 bits per heavy atom. The fourth-order valence-corrected chi connectivity index (χ4v) is 1.21. The van der Waals surface area contributed by atoms with Crippen molar-refractivity contribution in [1.82, 2.24) is 9.97 Å². The summed E-state index contributed by atoms with van der Waals surface area (Å²) >= 11 is 0. The summed E-state index contributed by atoms with van der Waals surface area (Å²) in [6.45, 7) is 0. The van der Waals surface area contributed by atoms with E-state index < -0.39 is 0 Å². The van der Waals surface area contributed by atoms with Crippen molar-refractivity contribution in [3.8, 4) is 0 Å². The van der Waals surface area contributed by atoms with Gasteiger partial charge in [-0.2, -0.15) is 4.98 Å². The molecule has 76 valence electrons. The van der Waals surface area contributed by atoms with E-state index in [9.17, 15) is 0 Å². The van der Waals surface area contributed by atoms with Gasteiger partial charge in [-0.25, -0.2) is 4.98 Å². The van der Waals surface area contributed by atoms with Gasteiger partial charge in [0.2, 0.25) is 5.95 Å². The normalized spacial score (nSPS) is 24.5. The number of nitrogens with two attached hydrogens (primary N) is 1. The van der Waals surface area contributed by atoms with E-state index >= 15 is 0 Å². The Balaban J connectivity index is 2.06. The van der Waals surface area contributed by atoms with Gasteiger partial charge >= 0.3 is 0 Å². The van der Waals surface area contributed by atoms with Gasteiger partial charge in [0.1, 0.15) is 5.82 Å². The first-order valence-electron chi connectivity index (χ1n) is 4.69. The van der Waals surface area contributed by atoms with Crippen LogP contribution in [-0.4, -0.2) is 36.1 Å². The maximum atomic E-state index is 5.70. The quantitative estimate of drug-likeness (QED) is 0.710. The summed E-state index contributed by atoms with van der Waals surface area (Å²) in [6.07, 6.45) is 2.78. The summed E-state index contributed by atoms with van der Waals surface area (Å²) in [5.41, 5.74) is 5.70. The van der Waals surface area contributed by atoms with Crippen LogP contribution in [-0.2, 0) is 0 Å². The first-order chi connectivity index (χ1) is 6.66. The van der Waals surface area contributed by atoms with Crippen molar-refractivity contribution in [2.75, 3.05) is 24.3 Å². The van der Waals surface area contributed by atoms with Gasteiger partial charge in [-0.3, -0.25) is 0 Å². The third-order valence-corrected chi connectivity index (χ3v) is 2.22. The number of nitrogens with one attached hydrogen (secondary N) is 1. The molecule has 0 saturated heterocycles. The number of aromatic nitrogens is 2. The van der Waals surface area contributed by atoms with Crippen LogP contribution in [0.3, 0.4) is 0 Å². The van der Waals surface area contributed by atoms with Crippen LogP contribution < -0.4 is 16.0 Å². The lowest BCUT2D eigenvalue weighted by Crippen LogP contribution is -2.16. The van der Waals surface area contributed by atoms with Crippen molar-refractivity contribution in [2.24, 2.45) is 5.73 Å². The molecule has 2 unspecified atom stereocenters. The van der Waals surface area contributed by atoms with Crippen LogP contribution in [0.15, 0.2) is 12.3 Å². The first-order valence-corrected chi connectivity index (χ1v) is 4.69. The fraction of sp³-hybridized carbons (Fsp3) is 0.556. The number of rotatable bonds is 3. The average Bonchev–Trinajstić information content (AvgIpc) is 2.82. The highest BCUT2D eigenvalue weighted by Crippen LogP contribution is 2.22. The Bertz CT molecular complexity index is 325. The first kappa shape index (κ1) is 9.21. The summed E-state index contributed by atoms with van der Waals surface area (Å²) < 4.78 is 0. The zero-order valence-corrected chi connectivity index (χ0v) is 8.44. The van der Waals surface area contributed by atoms with Crippen LogP contribution in [0, 0.1) is 0 Å². The van der Waals surface area contributed by atoms with Crippen LogP contribution >= 0.6 is 0 Å². The van der Waals surface area contributed by atoms with Crippen molar-refractivity contribution in [2.45, 2.75) is 18.5 Å². The van der Waals surface area contributed by atoms with E-state index in [1.54, 1.807) is 6.20 Å². The van der Waals surface area contributed by atoms with Gasteiger partial charge in [0, 0.05) is 32.4 Å². The lowest BCUT2D eigenvalue weighted by Gasteiger charge is -2.11. The molecule has 1 fully saturated rings. The van der Waals surface area contributed by atoms with Crippen molar-refractivity contribution in [3.63, 3.8) is 0 Å². The molecule has 0 bridgehead atoms. The number of nitrogens with zero attached hydrogens (tertiary/aromatic N) is 3. The fourth-order valence-electron chi connectivity index (χ4n) is 1.21. The highest BCUT2D eigenvalue weighted by atomic mass is 15.2. The molecule has 3 N–H and O–H groups in total. The standard InChI is InChI=1S/C9H15N5/c1-14(2)9-11-4-3-8(13-9)12-7-5-6(7)10/h3-4,6-7H,5,10H2,1-2H3,(H,11,12,13). The van der Waals surface area contributed by atoms with E-state index in [1.165, 1.54) is 0 Å². The summed E-state index contributed by atoms with van der Waals surface area (Å²) in [5, 5.41) is 3.26. The topological polar surface area (TPSA) is 67.1 Å². The summed E-state index contributed by atoms with van der Waals surface area (Å²) in [5.74, 6) is 1.56. The van der Waals surface area contributed by atoms with E-state index in [4.69, 9.17) is 5.73 Å². The van der Waals surface area contributed by atoms with Crippen LogP contribution in [0.4, 0.5) is 11.8 Å². The molecule has 1 aliphatic carbocycles. The highest BCUT2D eigenvalue weighted by molar-refractivity contribution is 5.42. The predicted octanol–water partition coefficient (Wildman–Crippen LogP) is 0.0541. The number of anilines is 2. The van der Waals surface area contributed by atoms with E-state index in [0.29, 0.717) is 12.0 Å². The molecule has 5 heteroatoms. The smallest absolute Gasteiger partial charge is 0.226 e. The number of hydrogen-bond donors (Lipinski definition) is 2. The lowest BCUT2D eigenvalue weighted by atomic mass is 10.5. The third-order valence-electron chi connectivity index (χ3n) is 2.22. The maximum absolute atomic E-state index is 5.70. The molecular weight excluding hydrogens is 178 g/mol. The summed E-state index contributed by atoms with van der Waals surface area (Å²) in [7, 11) is 3.84. The maximum Gasteiger partial charge on any atom is 0.226 e. The second-order valence-corrected chi connectivity index (χ2v) is 3.79. The molecule has 0 amide bonds. The minimum absolute atomic E-state index is 0.285. The molecule has 2 atom stereocenters. The van der Waals surface area contributed by atoms with Crippen molar-refractivity contribution < 1.29 is 0 Å². The molecule has 1 aliphatic rings. The minimum Gasteiger partial charge on any atom is -0.366 e. The van der Waals surface area contributed by atoms with Crippen LogP contribution in [0.5, 0.6) is 0 Å². The number of hydrogen-bond acceptors (Lipinski definition) is 5. The van der Waals surface area contributed by atoms with Gasteiger partial charge in [0.15, 0.2) is 0 Å². The van der Waals surface area contributed by atoms with E-state index in [2.05, 4.69) is 15.3 Å². The molecule has 0 aliphatic heterocycles. The van der Waals surface area contributed by atoms with Crippen molar-refractivity contribution in [3.05, 3.63) is 12.3 Å². The van der Waals surface area contributed by atoms with Crippen molar-refractivity contribution >= 4 is 11.8 Å². The second-order valence-electron chi connectivity index (χ2n) is 3.79. The molecule has 0 aromatic carbocycles. The van der Waals surface area contributed by atoms with Crippen LogP contribution in [0.2, 0.25) is 0 Å². The summed E-state index contributed by atoms with van der Waals surface area (Å²) in [4.78, 5) is 10.3. The molecule has 1 aromatic heterocycles. The van der Waals surface area contributed by atoms with Crippen LogP contribution in [0.1, 0.15) is 6.42 Å². The molecule has 2 rings (SSSR count). The van der Waals surface area contributed by atoms with Crippen molar-refractivity contribution in [1.29, 1.82) is 0 Å². The van der Waals surface area contributed by atoms with E-state index in [1.807, 2.05) is 25.1 Å². The minimum atomic E-state index is 0.285. The molecule has 5 nitrogen and oxygen atoms in total. The predicted molar refractivity (Wildman–Crippen MR) is 56.4 cm³/mol. The molecule has 1 aromatic rings. The summed E-state index contributed by atoms with van der Waals surface area (Å²) in [6, 6.07) is 2.53. The second kappa shape index (κ2) is 3.42. The zero-order valence-electron chi connectivity index (χ0n) is 8.44. The lowest BCUT2D eigenvalue weighted by molar-refractivity contribution is 0.966. The van der Waals surface area contributed by atoms with Gasteiger partial charge in [-0.15, -0.1) is 0 Å². The Hall–Kier alpha value is -1.36.